The van der Waals surface area contributed by atoms with E-state index in [4.69, 9.17) is 5.73 Å². The molecule has 88 valence electrons. The van der Waals surface area contributed by atoms with Crippen LogP contribution in [0.1, 0.15) is 19.2 Å². The van der Waals surface area contributed by atoms with E-state index in [2.05, 4.69) is 27.1 Å². The van der Waals surface area contributed by atoms with Crippen molar-refractivity contribution in [1.82, 2.24) is 15.3 Å². The van der Waals surface area contributed by atoms with Crippen molar-refractivity contribution >= 4 is 11.6 Å². The molecule has 1 aliphatic rings. The number of hydrogen-bond acceptors (Lipinski definition) is 5. The van der Waals surface area contributed by atoms with Crippen LogP contribution in [0.2, 0.25) is 0 Å². The Labute approximate surface area is 96.1 Å². The quantitative estimate of drug-likeness (QED) is 0.774. The molecule has 16 heavy (non-hydrogen) atoms. The number of nitrogen functional groups attached to an aromatic ring is 1. The molecular formula is C11H19N5. The van der Waals surface area contributed by atoms with Gasteiger partial charge in [-0.25, -0.2) is 9.97 Å². The fourth-order valence-electron chi connectivity index (χ4n) is 1.89. The van der Waals surface area contributed by atoms with E-state index in [0.29, 0.717) is 5.82 Å². The molecule has 0 saturated carbocycles. The van der Waals surface area contributed by atoms with Crippen LogP contribution in [0, 0.1) is 0 Å². The monoisotopic (exact) mass is 221 g/mol. The van der Waals surface area contributed by atoms with Gasteiger partial charge in [-0.1, -0.05) is 6.92 Å². The Morgan fingerprint density at radius 3 is 2.81 bits per heavy atom. The molecule has 5 heteroatoms. The van der Waals surface area contributed by atoms with Gasteiger partial charge < -0.3 is 16.0 Å². The maximum Gasteiger partial charge on any atom is 0.134 e. The highest BCUT2D eigenvalue weighted by Crippen LogP contribution is 2.15. The first kappa shape index (κ1) is 11.1. The Hall–Kier alpha value is -1.36. The van der Waals surface area contributed by atoms with Gasteiger partial charge in [0.1, 0.15) is 17.5 Å². The Morgan fingerprint density at radius 2 is 2.12 bits per heavy atom. The molecule has 1 saturated heterocycles. The molecule has 0 unspecified atom stereocenters. The van der Waals surface area contributed by atoms with E-state index in [1.54, 1.807) is 0 Å². The second-order valence-electron chi connectivity index (χ2n) is 4.05. The van der Waals surface area contributed by atoms with E-state index in [0.717, 1.165) is 50.7 Å². The molecule has 1 aromatic heterocycles. The van der Waals surface area contributed by atoms with E-state index in [9.17, 15) is 0 Å². The SMILES string of the molecule is CCCc1nc(N)cc(N2CCNCC2)n1. The topological polar surface area (TPSA) is 67.1 Å². The van der Waals surface area contributed by atoms with Crippen molar-refractivity contribution in [2.45, 2.75) is 19.8 Å². The summed E-state index contributed by atoms with van der Waals surface area (Å²) in [5.74, 6) is 2.40. The van der Waals surface area contributed by atoms with E-state index >= 15 is 0 Å². The number of piperazine rings is 1. The molecule has 5 nitrogen and oxygen atoms in total. The largest absolute Gasteiger partial charge is 0.384 e. The number of nitrogens with one attached hydrogen (secondary N) is 1. The maximum absolute atomic E-state index is 5.80. The molecule has 0 amide bonds. The van der Waals surface area contributed by atoms with Crippen LogP contribution in [-0.4, -0.2) is 36.1 Å². The van der Waals surface area contributed by atoms with Crippen LogP contribution in [0.15, 0.2) is 6.07 Å². The lowest BCUT2D eigenvalue weighted by Gasteiger charge is -2.28. The van der Waals surface area contributed by atoms with Gasteiger partial charge in [-0.05, 0) is 6.42 Å². The van der Waals surface area contributed by atoms with Crippen LogP contribution in [0.5, 0.6) is 0 Å². The second kappa shape index (κ2) is 5.12. The molecule has 2 rings (SSSR count). The summed E-state index contributed by atoms with van der Waals surface area (Å²) in [5.41, 5.74) is 5.80. The van der Waals surface area contributed by atoms with Gasteiger partial charge >= 0.3 is 0 Å². The van der Waals surface area contributed by atoms with E-state index in [1.807, 2.05) is 6.07 Å². The Balaban J connectivity index is 2.18. The predicted molar refractivity (Wildman–Crippen MR) is 65.5 cm³/mol. The van der Waals surface area contributed by atoms with Gasteiger partial charge in [0.05, 0.1) is 0 Å². The molecule has 0 aromatic carbocycles. The zero-order chi connectivity index (χ0) is 11.4. The van der Waals surface area contributed by atoms with Gasteiger partial charge in [0, 0.05) is 38.7 Å². The van der Waals surface area contributed by atoms with Crippen molar-refractivity contribution in [3.63, 3.8) is 0 Å². The first-order valence-electron chi connectivity index (χ1n) is 5.88. The summed E-state index contributed by atoms with van der Waals surface area (Å²) >= 11 is 0. The predicted octanol–water partition coefficient (Wildman–Crippen LogP) is 0.421. The summed E-state index contributed by atoms with van der Waals surface area (Å²) in [5, 5.41) is 3.32. The van der Waals surface area contributed by atoms with Gasteiger partial charge in [0.25, 0.3) is 0 Å². The second-order valence-corrected chi connectivity index (χ2v) is 4.05. The highest BCUT2D eigenvalue weighted by Gasteiger charge is 2.13. The summed E-state index contributed by atoms with van der Waals surface area (Å²) in [6.07, 6.45) is 1.94. The van der Waals surface area contributed by atoms with E-state index in [1.165, 1.54) is 0 Å². The first-order valence-corrected chi connectivity index (χ1v) is 5.88. The highest BCUT2D eigenvalue weighted by molar-refractivity contribution is 5.47. The number of hydrogen-bond donors (Lipinski definition) is 2. The molecule has 1 aliphatic heterocycles. The van der Waals surface area contributed by atoms with Gasteiger partial charge in [0.2, 0.25) is 0 Å². The summed E-state index contributed by atoms with van der Waals surface area (Å²) in [6.45, 7) is 6.11. The molecule has 1 aromatic rings. The molecular weight excluding hydrogens is 202 g/mol. The number of aryl methyl sites for hydroxylation is 1. The van der Waals surface area contributed by atoms with Crippen molar-refractivity contribution in [3.8, 4) is 0 Å². The molecule has 3 N–H and O–H groups in total. The highest BCUT2D eigenvalue weighted by atomic mass is 15.2. The minimum Gasteiger partial charge on any atom is -0.384 e. The molecule has 0 atom stereocenters. The average molecular weight is 221 g/mol. The van der Waals surface area contributed by atoms with E-state index < -0.39 is 0 Å². The molecule has 1 fully saturated rings. The van der Waals surface area contributed by atoms with Crippen molar-refractivity contribution in [3.05, 3.63) is 11.9 Å². The third kappa shape index (κ3) is 2.61. The van der Waals surface area contributed by atoms with Crippen LogP contribution in [-0.2, 0) is 6.42 Å². The lowest BCUT2D eigenvalue weighted by Crippen LogP contribution is -2.44. The van der Waals surface area contributed by atoms with Crippen LogP contribution in [0.4, 0.5) is 11.6 Å². The van der Waals surface area contributed by atoms with Crippen molar-refractivity contribution < 1.29 is 0 Å². The Bertz CT molecular complexity index is 346. The lowest BCUT2D eigenvalue weighted by molar-refractivity contribution is 0.583. The molecule has 0 aliphatic carbocycles. The normalized spacial score (nSPS) is 16.4. The van der Waals surface area contributed by atoms with Crippen LogP contribution < -0.4 is 16.0 Å². The number of nitrogens with zero attached hydrogens (tertiary/aromatic N) is 3. The standard InChI is InChI=1S/C11H19N5/c1-2-3-10-14-9(12)8-11(15-10)16-6-4-13-5-7-16/h8,13H,2-7H2,1H3,(H2,12,14,15). The van der Waals surface area contributed by atoms with Gasteiger partial charge in [-0.15, -0.1) is 0 Å². The van der Waals surface area contributed by atoms with Gasteiger partial charge in [-0.3, -0.25) is 0 Å². The van der Waals surface area contributed by atoms with Crippen LogP contribution >= 0.6 is 0 Å². The first-order chi connectivity index (χ1) is 7.79. The third-order valence-corrected chi connectivity index (χ3v) is 2.69. The average Bonchev–Trinajstić information content (AvgIpc) is 2.30. The minimum absolute atomic E-state index is 0.576. The fourth-order valence-corrected chi connectivity index (χ4v) is 1.89. The van der Waals surface area contributed by atoms with Crippen molar-refractivity contribution in [2.24, 2.45) is 0 Å². The summed E-state index contributed by atoms with van der Waals surface area (Å²) < 4.78 is 0. The minimum atomic E-state index is 0.576. The molecule has 0 bridgehead atoms. The molecule has 0 radical (unpaired) electrons. The van der Waals surface area contributed by atoms with Gasteiger partial charge in [0.15, 0.2) is 0 Å². The summed E-state index contributed by atoms with van der Waals surface area (Å²) in [4.78, 5) is 11.1. The lowest BCUT2D eigenvalue weighted by atomic mass is 10.3. The van der Waals surface area contributed by atoms with Gasteiger partial charge in [-0.2, -0.15) is 0 Å². The summed E-state index contributed by atoms with van der Waals surface area (Å²) in [6, 6.07) is 1.87. The fraction of sp³-hybridized carbons (Fsp3) is 0.636. The Morgan fingerprint density at radius 1 is 1.38 bits per heavy atom. The number of aromatic nitrogens is 2. The number of nitrogens with two attached hydrogens (primary N) is 1. The number of anilines is 2. The summed E-state index contributed by atoms with van der Waals surface area (Å²) in [7, 11) is 0. The molecule has 2 heterocycles. The van der Waals surface area contributed by atoms with E-state index in [-0.39, 0.29) is 0 Å². The number of rotatable bonds is 3. The molecule has 0 spiro atoms. The van der Waals surface area contributed by atoms with Crippen LogP contribution in [0.25, 0.3) is 0 Å². The zero-order valence-electron chi connectivity index (χ0n) is 9.74. The zero-order valence-corrected chi connectivity index (χ0v) is 9.74. The Kier molecular flexibility index (Phi) is 3.56. The third-order valence-electron chi connectivity index (χ3n) is 2.69. The maximum atomic E-state index is 5.80. The van der Waals surface area contributed by atoms with Crippen LogP contribution in [0.3, 0.4) is 0 Å². The smallest absolute Gasteiger partial charge is 0.134 e. The van der Waals surface area contributed by atoms with Crippen molar-refractivity contribution in [1.29, 1.82) is 0 Å². The van der Waals surface area contributed by atoms with Crippen molar-refractivity contribution in [2.75, 3.05) is 36.8 Å².